The standard InChI is InChI=1S/C19H35NO5S/c1-13(2)20(14(3)4)26(22,23)12-18-8-7-15(17(18,5)6)9-19(18)24-11-16(10-21)25-19/h13-16,21H,7-12H2,1-6H3/t15-,16-,18+,19?/m1/s1. The summed E-state index contributed by atoms with van der Waals surface area (Å²) < 4.78 is 41.0. The van der Waals surface area contributed by atoms with E-state index in [1.807, 2.05) is 27.7 Å². The molecule has 0 aromatic carbocycles. The van der Waals surface area contributed by atoms with Crippen LogP contribution in [-0.4, -0.2) is 60.8 Å². The van der Waals surface area contributed by atoms with Gasteiger partial charge < -0.3 is 14.6 Å². The lowest BCUT2D eigenvalue weighted by atomic mass is 9.68. The molecule has 4 atom stereocenters. The topological polar surface area (TPSA) is 76.1 Å². The van der Waals surface area contributed by atoms with Crippen molar-refractivity contribution in [1.82, 2.24) is 4.31 Å². The highest BCUT2D eigenvalue weighted by atomic mass is 32.2. The molecule has 1 saturated heterocycles. The van der Waals surface area contributed by atoms with Gasteiger partial charge in [0.2, 0.25) is 10.0 Å². The van der Waals surface area contributed by atoms with Crippen molar-refractivity contribution in [3.8, 4) is 0 Å². The average Bonchev–Trinajstić information content (AvgIpc) is 3.06. The minimum atomic E-state index is -3.50. The third kappa shape index (κ3) is 2.69. The van der Waals surface area contributed by atoms with Gasteiger partial charge in [0.15, 0.2) is 5.79 Å². The van der Waals surface area contributed by atoms with E-state index in [0.29, 0.717) is 12.5 Å². The minimum Gasteiger partial charge on any atom is -0.394 e. The SMILES string of the molecule is CC(C)N(C(C)C)S(=O)(=O)C[C@]12CC[C@H](CC13OC[C@@H](CO)O3)C2(C)C. The lowest BCUT2D eigenvalue weighted by molar-refractivity contribution is -0.245. The first-order valence-corrected chi connectivity index (χ1v) is 11.5. The number of aliphatic hydroxyl groups excluding tert-OH is 1. The van der Waals surface area contributed by atoms with Gasteiger partial charge in [0, 0.05) is 23.9 Å². The molecule has 1 heterocycles. The van der Waals surface area contributed by atoms with Crippen molar-refractivity contribution in [2.45, 2.75) is 84.8 Å². The molecule has 152 valence electrons. The first kappa shape index (κ1) is 20.5. The second kappa shape index (κ2) is 6.41. The molecule has 2 saturated carbocycles. The molecule has 1 spiro atoms. The van der Waals surface area contributed by atoms with Gasteiger partial charge in [0.05, 0.1) is 19.0 Å². The van der Waals surface area contributed by atoms with Gasteiger partial charge in [-0.1, -0.05) is 13.8 Å². The predicted molar refractivity (Wildman–Crippen MR) is 100 cm³/mol. The van der Waals surface area contributed by atoms with Crippen LogP contribution in [0.1, 0.15) is 60.8 Å². The summed E-state index contributed by atoms with van der Waals surface area (Å²) in [4.78, 5) is 0. The van der Waals surface area contributed by atoms with E-state index in [1.54, 1.807) is 4.31 Å². The highest BCUT2D eigenvalue weighted by Gasteiger charge is 2.75. The van der Waals surface area contributed by atoms with Crippen molar-refractivity contribution in [3.63, 3.8) is 0 Å². The molecule has 3 rings (SSSR count). The zero-order valence-electron chi connectivity index (χ0n) is 17.0. The first-order valence-electron chi connectivity index (χ1n) is 9.86. The fourth-order valence-electron chi connectivity index (χ4n) is 6.06. The van der Waals surface area contributed by atoms with Crippen LogP contribution in [0.25, 0.3) is 0 Å². The van der Waals surface area contributed by atoms with Gasteiger partial charge >= 0.3 is 0 Å². The van der Waals surface area contributed by atoms with Crippen LogP contribution in [0, 0.1) is 16.7 Å². The van der Waals surface area contributed by atoms with Crippen molar-refractivity contribution in [1.29, 1.82) is 0 Å². The Hall–Kier alpha value is -0.210. The van der Waals surface area contributed by atoms with Crippen molar-refractivity contribution in [2.75, 3.05) is 19.0 Å². The number of hydrogen-bond acceptors (Lipinski definition) is 5. The molecule has 3 aliphatic rings. The summed E-state index contributed by atoms with van der Waals surface area (Å²) in [5, 5.41) is 9.53. The average molecular weight is 390 g/mol. The molecule has 0 aromatic rings. The largest absolute Gasteiger partial charge is 0.394 e. The van der Waals surface area contributed by atoms with Crippen molar-refractivity contribution >= 4 is 10.0 Å². The van der Waals surface area contributed by atoms with E-state index in [-0.39, 0.29) is 36.0 Å². The quantitative estimate of drug-likeness (QED) is 0.755. The van der Waals surface area contributed by atoms with E-state index >= 15 is 0 Å². The molecular formula is C19H35NO5S. The number of rotatable bonds is 6. The van der Waals surface area contributed by atoms with Gasteiger partial charge in [-0.2, -0.15) is 4.31 Å². The van der Waals surface area contributed by atoms with Gasteiger partial charge in [-0.15, -0.1) is 0 Å². The number of hydrogen-bond donors (Lipinski definition) is 1. The van der Waals surface area contributed by atoms with Gasteiger partial charge in [-0.3, -0.25) is 0 Å². The molecule has 1 N–H and O–H groups in total. The number of aliphatic hydroxyl groups is 1. The second-order valence-corrected chi connectivity index (χ2v) is 11.4. The van der Waals surface area contributed by atoms with Crippen molar-refractivity contribution in [2.24, 2.45) is 16.7 Å². The van der Waals surface area contributed by atoms with Crippen LogP contribution in [0.4, 0.5) is 0 Å². The summed E-state index contributed by atoms with van der Waals surface area (Å²) in [5.74, 6) is -0.473. The van der Waals surface area contributed by atoms with Crippen LogP contribution < -0.4 is 0 Å². The Bertz CT molecular complexity index is 638. The number of fused-ring (bicyclic) bond motifs is 3. The van der Waals surface area contributed by atoms with E-state index in [2.05, 4.69) is 13.8 Å². The molecule has 1 unspecified atom stereocenters. The van der Waals surface area contributed by atoms with Gasteiger partial charge in [-0.25, -0.2) is 8.42 Å². The Balaban J connectivity index is 2.02. The third-order valence-electron chi connectivity index (χ3n) is 7.25. The molecule has 2 bridgehead atoms. The minimum absolute atomic E-state index is 0.0397. The van der Waals surface area contributed by atoms with Crippen LogP contribution in [0.15, 0.2) is 0 Å². The number of ether oxygens (including phenoxy) is 2. The molecule has 2 aliphatic carbocycles. The monoisotopic (exact) mass is 389 g/mol. The zero-order valence-corrected chi connectivity index (χ0v) is 17.8. The molecule has 6 nitrogen and oxygen atoms in total. The fraction of sp³-hybridized carbons (Fsp3) is 1.00. The molecule has 0 aromatic heterocycles. The van der Waals surface area contributed by atoms with Crippen molar-refractivity contribution in [3.05, 3.63) is 0 Å². The van der Waals surface area contributed by atoms with Gasteiger partial charge in [0.25, 0.3) is 0 Å². The first-order chi connectivity index (χ1) is 11.9. The van der Waals surface area contributed by atoms with Crippen molar-refractivity contribution < 1.29 is 23.0 Å². The third-order valence-corrected chi connectivity index (χ3v) is 9.59. The maximum atomic E-state index is 13.5. The van der Waals surface area contributed by atoms with E-state index in [9.17, 15) is 13.5 Å². The summed E-state index contributed by atoms with van der Waals surface area (Å²) in [5.41, 5.74) is -0.778. The fourth-order valence-corrected chi connectivity index (χ4v) is 8.85. The number of sulfonamides is 1. The normalized spacial score (nSPS) is 39.2. The molecular weight excluding hydrogens is 354 g/mol. The zero-order chi connectivity index (χ0) is 19.5. The van der Waals surface area contributed by atoms with Crippen LogP contribution in [0.5, 0.6) is 0 Å². The van der Waals surface area contributed by atoms with Crippen LogP contribution in [0.2, 0.25) is 0 Å². The van der Waals surface area contributed by atoms with Gasteiger partial charge in [-0.05, 0) is 51.9 Å². The van der Waals surface area contributed by atoms with E-state index in [0.717, 1.165) is 19.3 Å². The van der Waals surface area contributed by atoms with E-state index in [4.69, 9.17) is 9.47 Å². The Labute approximate surface area is 158 Å². The highest BCUT2D eigenvalue weighted by molar-refractivity contribution is 7.89. The summed E-state index contributed by atoms with van der Waals surface area (Å²) in [6.07, 6.45) is 2.14. The predicted octanol–water partition coefficient (Wildman–Crippen LogP) is 2.37. The lowest BCUT2D eigenvalue weighted by Gasteiger charge is -2.48. The molecule has 0 radical (unpaired) electrons. The molecule has 7 heteroatoms. The van der Waals surface area contributed by atoms with Crippen LogP contribution in [0.3, 0.4) is 0 Å². The Kier molecular flexibility index (Phi) is 5.06. The Morgan fingerprint density at radius 1 is 1.19 bits per heavy atom. The maximum Gasteiger partial charge on any atom is 0.215 e. The second-order valence-electron chi connectivity index (χ2n) is 9.50. The Morgan fingerprint density at radius 3 is 2.27 bits per heavy atom. The lowest BCUT2D eigenvalue weighted by Crippen LogP contribution is -2.57. The highest BCUT2D eigenvalue weighted by Crippen LogP contribution is 2.72. The summed E-state index contributed by atoms with van der Waals surface area (Å²) in [6, 6.07) is -0.186. The molecule has 26 heavy (non-hydrogen) atoms. The number of nitrogens with zero attached hydrogens (tertiary/aromatic N) is 1. The molecule has 3 fully saturated rings. The summed E-state index contributed by atoms with van der Waals surface area (Å²) in [6.45, 7) is 12.3. The van der Waals surface area contributed by atoms with Gasteiger partial charge in [0.1, 0.15) is 6.10 Å². The maximum absolute atomic E-state index is 13.5. The van der Waals surface area contributed by atoms with E-state index < -0.39 is 21.2 Å². The Morgan fingerprint density at radius 2 is 1.81 bits per heavy atom. The molecule has 1 aliphatic heterocycles. The van der Waals surface area contributed by atoms with Crippen LogP contribution in [-0.2, 0) is 19.5 Å². The summed E-state index contributed by atoms with van der Waals surface area (Å²) >= 11 is 0. The van der Waals surface area contributed by atoms with E-state index in [1.165, 1.54) is 0 Å². The smallest absolute Gasteiger partial charge is 0.215 e. The van der Waals surface area contributed by atoms with Crippen LogP contribution >= 0.6 is 0 Å². The summed E-state index contributed by atoms with van der Waals surface area (Å²) in [7, 11) is -3.50. The molecule has 0 amide bonds.